The lowest BCUT2D eigenvalue weighted by Gasteiger charge is -2.17. The second-order valence-electron chi connectivity index (χ2n) is 4.65. The standard InChI is InChI=1S/C16H17F2NO2/c1-3-21-16-7-5-12(9-14(16)18)19-10(2)13-8-11(17)4-6-15(13)20/h4-10,19-20H,3H2,1-2H3. The molecule has 21 heavy (non-hydrogen) atoms. The van der Waals surface area contributed by atoms with Gasteiger partial charge >= 0.3 is 0 Å². The quantitative estimate of drug-likeness (QED) is 0.866. The molecule has 0 aliphatic carbocycles. The first kappa shape index (κ1) is 15.1. The molecule has 2 N–H and O–H groups in total. The number of aromatic hydroxyl groups is 1. The number of anilines is 1. The molecule has 0 radical (unpaired) electrons. The Bertz CT molecular complexity index is 632. The van der Waals surface area contributed by atoms with Crippen molar-refractivity contribution in [1.82, 2.24) is 0 Å². The Balaban J connectivity index is 2.17. The first-order valence-corrected chi connectivity index (χ1v) is 6.68. The average Bonchev–Trinajstić information content (AvgIpc) is 2.44. The molecule has 0 amide bonds. The van der Waals surface area contributed by atoms with Gasteiger partial charge in [0.1, 0.15) is 11.6 Å². The highest BCUT2D eigenvalue weighted by Crippen LogP contribution is 2.29. The van der Waals surface area contributed by atoms with E-state index < -0.39 is 11.6 Å². The van der Waals surface area contributed by atoms with E-state index in [-0.39, 0.29) is 17.5 Å². The Hall–Kier alpha value is -2.30. The van der Waals surface area contributed by atoms with Crippen molar-refractivity contribution in [2.24, 2.45) is 0 Å². The second-order valence-corrected chi connectivity index (χ2v) is 4.65. The van der Waals surface area contributed by atoms with Crippen LogP contribution in [0.2, 0.25) is 0 Å². The molecule has 1 atom stereocenters. The number of ether oxygens (including phenoxy) is 1. The van der Waals surface area contributed by atoms with Crippen LogP contribution in [0, 0.1) is 11.6 Å². The van der Waals surface area contributed by atoms with E-state index in [1.54, 1.807) is 19.9 Å². The lowest BCUT2D eigenvalue weighted by molar-refractivity contribution is 0.321. The largest absolute Gasteiger partial charge is 0.508 e. The molecule has 3 nitrogen and oxygen atoms in total. The highest BCUT2D eigenvalue weighted by atomic mass is 19.1. The Kier molecular flexibility index (Phi) is 4.62. The second kappa shape index (κ2) is 6.43. The molecule has 0 spiro atoms. The van der Waals surface area contributed by atoms with E-state index in [9.17, 15) is 13.9 Å². The van der Waals surface area contributed by atoms with Crippen molar-refractivity contribution in [3.63, 3.8) is 0 Å². The molecule has 0 heterocycles. The van der Waals surface area contributed by atoms with Gasteiger partial charge in [0, 0.05) is 17.3 Å². The molecule has 0 aromatic heterocycles. The fraction of sp³-hybridized carbons (Fsp3) is 0.250. The molecular weight excluding hydrogens is 276 g/mol. The van der Waals surface area contributed by atoms with Crippen molar-refractivity contribution >= 4 is 5.69 Å². The highest BCUT2D eigenvalue weighted by Gasteiger charge is 2.12. The van der Waals surface area contributed by atoms with Crippen LogP contribution in [0.4, 0.5) is 14.5 Å². The zero-order valence-corrected chi connectivity index (χ0v) is 11.9. The van der Waals surface area contributed by atoms with Crippen molar-refractivity contribution in [3.05, 3.63) is 53.6 Å². The third-order valence-corrected chi connectivity index (χ3v) is 3.07. The summed E-state index contributed by atoms with van der Waals surface area (Å²) in [6, 6.07) is 7.85. The topological polar surface area (TPSA) is 41.5 Å². The van der Waals surface area contributed by atoms with Gasteiger partial charge in [0.2, 0.25) is 0 Å². The number of hydrogen-bond donors (Lipinski definition) is 2. The van der Waals surface area contributed by atoms with E-state index in [2.05, 4.69) is 5.32 Å². The number of phenolic OH excluding ortho intramolecular Hbond substituents is 1. The first-order chi connectivity index (χ1) is 10.0. The molecule has 0 fully saturated rings. The third-order valence-electron chi connectivity index (χ3n) is 3.07. The van der Waals surface area contributed by atoms with Crippen LogP contribution in [-0.2, 0) is 0 Å². The number of halogens is 2. The fourth-order valence-electron chi connectivity index (χ4n) is 2.06. The maximum absolute atomic E-state index is 13.8. The molecule has 112 valence electrons. The van der Waals surface area contributed by atoms with Gasteiger partial charge in [-0.2, -0.15) is 0 Å². The van der Waals surface area contributed by atoms with E-state index >= 15 is 0 Å². The lowest BCUT2D eigenvalue weighted by atomic mass is 10.1. The molecule has 0 saturated carbocycles. The molecule has 5 heteroatoms. The molecule has 2 aromatic rings. The van der Waals surface area contributed by atoms with E-state index in [0.29, 0.717) is 17.9 Å². The summed E-state index contributed by atoms with van der Waals surface area (Å²) in [6.45, 7) is 3.92. The van der Waals surface area contributed by atoms with Crippen LogP contribution in [0.5, 0.6) is 11.5 Å². The predicted molar refractivity (Wildman–Crippen MR) is 77.7 cm³/mol. The molecule has 0 bridgehead atoms. The fourth-order valence-corrected chi connectivity index (χ4v) is 2.06. The maximum atomic E-state index is 13.8. The summed E-state index contributed by atoms with van der Waals surface area (Å²) in [5.41, 5.74) is 0.927. The summed E-state index contributed by atoms with van der Waals surface area (Å²) >= 11 is 0. The minimum atomic E-state index is -0.475. The van der Waals surface area contributed by atoms with E-state index in [1.807, 2.05) is 0 Å². The maximum Gasteiger partial charge on any atom is 0.167 e. The minimum absolute atomic E-state index is 0.0113. The summed E-state index contributed by atoms with van der Waals surface area (Å²) in [6.07, 6.45) is 0. The minimum Gasteiger partial charge on any atom is -0.508 e. The Morgan fingerprint density at radius 1 is 1.19 bits per heavy atom. The van der Waals surface area contributed by atoms with Crippen LogP contribution in [0.1, 0.15) is 25.5 Å². The van der Waals surface area contributed by atoms with Gasteiger partial charge < -0.3 is 15.2 Å². The molecule has 1 unspecified atom stereocenters. The number of nitrogens with one attached hydrogen (secondary N) is 1. The predicted octanol–water partition coefficient (Wildman–Crippen LogP) is 4.24. The van der Waals surface area contributed by atoms with E-state index in [0.717, 1.165) is 0 Å². The SMILES string of the molecule is CCOc1ccc(NC(C)c2cc(F)ccc2O)cc1F. The average molecular weight is 293 g/mol. The monoisotopic (exact) mass is 293 g/mol. The molecule has 2 rings (SSSR count). The van der Waals surface area contributed by atoms with Gasteiger partial charge in [-0.25, -0.2) is 8.78 Å². The Morgan fingerprint density at radius 3 is 2.62 bits per heavy atom. The van der Waals surface area contributed by atoms with Gasteiger partial charge in [-0.3, -0.25) is 0 Å². The van der Waals surface area contributed by atoms with Crippen molar-refractivity contribution in [1.29, 1.82) is 0 Å². The summed E-state index contributed by atoms with van der Waals surface area (Å²) in [7, 11) is 0. The van der Waals surface area contributed by atoms with E-state index in [1.165, 1.54) is 30.3 Å². The van der Waals surface area contributed by atoms with Crippen LogP contribution in [0.15, 0.2) is 36.4 Å². The smallest absolute Gasteiger partial charge is 0.167 e. The first-order valence-electron chi connectivity index (χ1n) is 6.68. The Morgan fingerprint density at radius 2 is 1.95 bits per heavy atom. The normalized spacial score (nSPS) is 12.0. The molecule has 0 aliphatic rings. The van der Waals surface area contributed by atoms with Crippen molar-refractivity contribution < 1.29 is 18.6 Å². The molecule has 0 saturated heterocycles. The number of benzene rings is 2. The van der Waals surface area contributed by atoms with Crippen LogP contribution in [-0.4, -0.2) is 11.7 Å². The van der Waals surface area contributed by atoms with Crippen molar-refractivity contribution in [3.8, 4) is 11.5 Å². The van der Waals surface area contributed by atoms with E-state index in [4.69, 9.17) is 4.74 Å². The van der Waals surface area contributed by atoms with Gasteiger partial charge in [0.25, 0.3) is 0 Å². The number of phenols is 1. The Labute approximate surface area is 122 Å². The number of rotatable bonds is 5. The van der Waals surface area contributed by atoms with Crippen LogP contribution in [0.3, 0.4) is 0 Å². The van der Waals surface area contributed by atoms with Gasteiger partial charge in [-0.1, -0.05) is 0 Å². The van der Waals surface area contributed by atoms with Gasteiger partial charge in [0.05, 0.1) is 12.6 Å². The summed E-state index contributed by atoms with van der Waals surface area (Å²) in [5.74, 6) is -0.737. The third kappa shape index (κ3) is 3.62. The zero-order valence-electron chi connectivity index (χ0n) is 11.9. The lowest BCUT2D eigenvalue weighted by Crippen LogP contribution is -2.07. The van der Waals surface area contributed by atoms with Crippen LogP contribution < -0.4 is 10.1 Å². The summed E-state index contributed by atoms with van der Waals surface area (Å²) < 4.78 is 32.1. The van der Waals surface area contributed by atoms with Gasteiger partial charge in [0.15, 0.2) is 11.6 Å². The van der Waals surface area contributed by atoms with Crippen molar-refractivity contribution in [2.75, 3.05) is 11.9 Å². The van der Waals surface area contributed by atoms with Gasteiger partial charge in [-0.05, 0) is 44.2 Å². The molecule has 0 aliphatic heterocycles. The molecule has 2 aromatic carbocycles. The summed E-state index contributed by atoms with van der Waals surface area (Å²) in [4.78, 5) is 0. The van der Waals surface area contributed by atoms with Crippen molar-refractivity contribution in [2.45, 2.75) is 19.9 Å². The summed E-state index contributed by atoms with van der Waals surface area (Å²) in [5, 5.41) is 12.8. The van der Waals surface area contributed by atoms with Gasteiger partial charge in [-0.15, -0.1) is 0 Å². The number of hydrogen-bond acceptors (Lipinski definition) is 3. The molecular formula is C16H17F2NO2. The van der Waals surface area contributed by atoms with Crippen LogP contribution >= 0.6 is 0 Å². The van der Waals surface area contributed by atoms with Crippen LogP contribution in [0.25, 0.3) is 0 Å². The highest BCUT2D eigenvalue weighted by molar-refractivity contribution is 5.50. The zero-order chi connectivity index (χ0) is 15.4.